The van der Waals surface area contributed by atoms with E-state index in [0.717, 1.165) is 16.1 Å². The summed E-state index contributed by atoms with van der Waals surface area (Å²) in [6.07, 6.45) is 0. The molecule has 1 atom stereocenters. The summed E-state index contributed by atoms with van der Waals surface area (Å²) in [7, 11) is 0. The van der Waals surface area contributed by atoms with Gasteiger partial charge in [0.1, 0.15) is 11.9 Å². The van der Waals surface area contributed by atoms with Gasteiger partial charge in [0.25, 0.3) is 0 Å². The van der Waals surface area contributed by atoms with Crippen LogP contribution in [0.1, 0.15) is 21.4 Å². The van der Waals surface area contributed by atoms with Gasteiger partial charge in [0.2, 0.25) is 0 Å². The smallest absolute Gasteiger partial charge is 0.141 e. The Balaban J connectivity index is 2.23. The first kappa shape index (κ1) is 12.6. The fraction of sp³-hybridized carbons (Fsp3) is 0.214. The van der Waals surface area contributed by atoms with Gasteiger partial charge in [-0.15, -0.1) is 11.3 Å². The lowest BCUT2D eigenvalue weighted by Crippen LogP contribution is -2.08. The van der Waals surface area contributed by atoms with Gasteiger partial charge < -0.3 is 5.32 Å². The number of hydrogen-bond donors (Lipinski definition) is 1. The van der Waals surface area contributed by atoms with E-state index < -0.39 is 6.04 Å². The zero-order chi connectivity index (χ0) is 13.1. The topological polar surface area (TPSA) is 35.8 Å². The third-order valence-electron chi connectivity index (χ3n) is 2.67. The number of nitrogens with one attached hydrogen (secondary N) is 1. The van der Waals surface area contributed by atoms with E-state index in [1.807, 2.05) is 19.9 Å². The van der Waals surface area contributed by atoms with E-state index in [1.165, 1.54) is 17.0 Å². The van der Waals surface area contributed by atoms with Crippen molar-refractivity contribution in [1.29, 1.82) is 5.26 Å². The lowest BCUT2D eigenvalue weighted by Gasteiger charge is -2.12. The highest BCUT2D eigenvalue weighted by atomic mass is 32.1. The summed E-state index contributed by atoms with van der Waals surface area (Å²) in [5.74, 6) is -0.281. The van der Waals surface area contributed by atoms with Crippen LogP contribution in [0.4, 0.5) is 10.1 Å². The Morgan fingerprint density at radius 1 is 1.28 bits per heavy atom. The summed E-state index contributed by atoms with van der Waals surface area (Å²) in [6, 6.07) is 9.87. The molecule has 2 aromatic rings. The minimum atomic E-state index is -0.402. The van der Waals surface area contributed by atoms with Gasteiger partial charge in [-0.05, 0) is 44.2 Å². The predicted octanol–water partition coefficient (Wildman–Crippen LogP) is 4.18. The van der Waals surface area contributed by atoms with Crippen LogP contribution in [-0.4, -0.2) is 0 Å². The molecule has 0 spiro atoms. The number of rotatable bonds is 3. The highest BCUT2D eigenvalue weighted by molar-refractivity contribution is 7.12. The molecule has 0 aliphatic rings. The van der Waals surface area contributed by atoms with Crippen molar-refractivity contribution in [1.82, 2.24) is 0 Å². The van der Waals surface area contributed by atoms with Gasteiger partial charge in [-0.2, -0.15) is 5.26 Å². The fourth-order valence-electron chi connectivity index (χ4n) is 1.83. The van der Waals surface area contributed by atoms with Crippen LogP contribution in [0.2, 0.25) is 0 Å². The van der Waals surface area contributed by atoms with Gasteiger partial charge in [0, 0.05) is 21.0 Å². The van der Waals surface area contributed by atoms with Crippen LogP contribution in [0.15, 0.2) is 30.3 Å². The van der Waals surface area contributed by atoms with Crippen molar-refractivity contribution in [2.24, 2.45) is 0 Å². The van der Waals surface area contributed by atoms with E-state index in [0.29, 0.717) is 0 Å². The van der Waals surface area contributed by atoms with Gasteiger partial charge in [0.15, 0.2) is 0 Å². The predicted molar refractivity (Wildman–Crippen MR) is 72.2 cm³/mol. The quantitative estimate of drug-likeness (QED) is 0.898. The molecule has 4 heteroatoms. The summed E-state index contributed by atoms with van der Waals surface area (Å²) in [5.41, 5.74) is 1.73. The summed E-state index contributed by atoms with van der Waals surface area (Å²) < 4.78 is 12.8. The molecule has 0 aliphatic heterocycles. The Bertz CT molecular complexity index is 581. The van der Waals surface area contributed by atoms with Gasteiger partial charge in [0.05, 0.1) is 6.07 Å². The van der Waals surface area contributed by atoms with Crippen molar-refractivity contribution in [3.05, 3.63) is 51.5 Å². The zero-order valence-corrected chi connectivity index (χ0v) is 11.0. The van der Waals surface area contributed by atoms with Crippen LogP contribution in [0.25, 0.3) is 0 Å². The molecule has 1 aromatic carbocycles. The molecule has 0 amide bonds. The van der Waals surface area contributed by atoms with Crippen molar-refractivity contribution < 1.29 is 4.39 Å². The first-order valence-corrected chi connectivity index (χ1v) is 6.40. The first-order valence-electron chi connectivity index (χ1n) is 5.59. The van der Waals surface area contributed by atoms with E-state index in [1.54, 1.807) is 23.5 Å². The van der Waals surface area contributed by atoms with Gasteiger partial charge >= 0.3 is 0 Å². The van der Waals surface area contributed by atoms with Crippen molar-refractivity contribution in [3.63, 3.8) is 0 Å². The third-order valence-corrected chi connectivity index (χ3v) is 3.66. The first-order chi connectivity index (χ1) is 8.60. The highest BCUT2D eigenvalue weighted by Gasteiger charge is 2.15. The minimum Gasteiger partial charge on any atom is -0.366 e. The average Bonchev–Trinajstić information content (AvgIpc) is 2.68. The monoisotopic (exact) mass is 260 g/mol. The maximum absolute atomic E-state index is 12.8. The lowest BCUT2D eigenvalue weighted by molar-refractivity contribution is 0.628. The highest BCUT2D eigenvalue weighted by Crippen LogP contribution is 2.28. The summed E-state index contributed by atoms with van der Waals surface area (Å²) >= 11 is 1.67. The zero-order valence-electron chi connectivity index (χ0n) is 10.2. The van der Waals surface area contributed by atoms with Crippen molar-refractivity contribution >= 4 is 17.0 Å². The molecule has 0 saturated heterocycles. The average molecular weight is 260 g/mol. The molecule has 0 radical (unpaired) electrons. The van der Waals surface area contributed by atoms with E-state index in [9.17, 15) is 9.65 Å². The van der Waals surface area contributed by atoms with Crippen LogP contribution in [0, 0.1) is 31.0 Å². The molecular formula is C14H13FN2S. The third kappa shape index (κ3) is 2.69. The van der Waals surface area contributed by atoms with Crippen LogP contribution in [0.3, 0.4) is 0 Å². The second-order valence-electron chi connectivity index (χ2n) is 4.08. The number of nitrogens with zero attached hydrogens (tertiary/aromatic N) is 1. The van der Waals surface area contributed by atoms with Crippen LogP contribution < -0.4 is 5.32 Å². The van der Waals surface area contributed by atoms with Crippen molar-refractivity contribution in [2.75, 3.05) is 5.32 Å². The second kappa shape index (κ2) is 5.19. The molecule has 1 N–H and O–H groups in total. The van der Waals surface area contributed by atoms with Crippen molar-refractivity contribution in [2.45, 2.75) is 19.9 Å². The Labute approximate surface area is 110 Å². The van der Waals surface area contributed by atoms with E-state index in [4.69, 9.17) is 0 Å². The number of anilines is 1. The largest absolute Gasteiger partial charge is 0.366 e. The molecule has 18 heavy (non-hydrogen) atoms. The number of nitriles is 1. The fourth-order valence-corrected chi connectivity index (χ4v) is 2.79. The molecule has 2 rings (SSSR count). The van der Waals surface area contributed by atoms with Gasteiger partial charge in [-0.25, -0.2) is 4.39 Å². The molecule has 0 saturated carbocycles. The second-order valence-corrected chi connectivity index (χ2v) is 5.54. The summed E-state index contributed by atoms with van der Waals surface area (Å²) in [4.78, 5) is 2.32. The minimum absolute atomic E-state index is 0.281. The lowest BCUT2D eigenvalue weighted by atomic mass is 10.1. The number of halogens is 1. The van der Waals surface area contributed by atoms with Gasteiger partial charge in [-0.3, -0.25) is 0 Å². The molecule has 0 bridgehead atoms. The van der Waals surface area contributed by atoms with Crippen LogP contribution in [-0.2, 0) is 0 Å². The standard InChI is InChI=1S/C14H13FN2S/c1-9-7-13(10(2)18-9)14(8-16)17-12-5-3-11(15)4-6-12/h3-7,14,17H,1-2H3. The molecule has 1 heterocycles. The van der Waals surface area contributed by atoms with E-state index in [-0.39, 0.29) is 5.82 Å². The Morgan fingerprint density at radius 3 is 2.44 bits per heavy atom. The maximum atomic E-state index is 12.8. The Kier molecular flexibility index (Phi) is 3.63. The molecule has 2 nitrogen and oxygen atoms in total. The number of thiophene rings is 1. The molecular weight excluding hydrogens is 247 g/mol. The van der Waals surface area contributed by atoms with E-state index in [2.05, 4.69) is 11.4 Å². The summed E-state index contributed by atoms with van der Waals surface area (Å²) in [6.45, 7) is 4.02. The molecule has 0 aliphatic carbocycles. The van der Waals surface area contributed by atoms with Crippen LogP contribution >= 0.6 is 11.3 Å². The number of benzene rings is 1. The molecule has 1 unspecified atom stereocenters. The molecule has 1 aromatic heterocycles. The normalized spacial score (nSPS) is 11.9. The SMILES string of the molecule is Cc1cc(C(C#N)Nc2ccc(F)cc2)c(C)s1. The maximum Gasteiger partial charge on any atom is 0.141 e. The Hall–Kier alpha value is -1.86. The van der Waals surface area contributed by atoms with Crippen molar-refractivity contribution in [3.8, 4) is 6.07 Å². The van der Waals surface area contributed by atoms with Crippen LogP contribution in [0.5, 0.6) is 0 Å². The number of hydrogen-bond acceptors (Lipinski definition) is 3. The molecule has 0 fully saturated rings. The van der Waals surface area contributed by atoms with E-state index >= 15 is 0 Å². The summed E-state index contributed by atoms with van der Waals surface area (Å²) in [5, 5.41) is 12.4. The van der Waals surface area contributed by atoms with Gasteiger partial charge in [-0.1, -0.05) is 0 Å². The molecule has 92 valence electrons. The number of aryl methyl sites for hydroxylation is 2. The Morgan fingerprint density at radius 2 is 1.94 bits per heavy atom.